The van der Waals surface area contributed by atoms with Crippen LogP contribution >= 0.6 is 0 Å². The average molecular weight is 273 g/mol. The van der Waals surface area contributed by atoms with Crippen LogP contribution in [0.15, 0.2) is 24.3 Å². The Labute approximate surface area is 108 Å². The summed E-state index contributed by atoms with van der Waals surface area (Å²) in [6.07, 6.45) is 0. The molecule has 6 nitrogen and oxygen atoms in total. The van der Waals surface area contributed by atoms with Crippen LogP contribution in [0.2, 0.25) is 0 Å². The van der Waals surface area contributed by atoms with E-state index in [2.05, 4.69) is 14.8 Å². The van der Waals surface area contributed by atoms with Crippen LogP contribution < -0.4 is 14.8 Å². The second kappa shape index (κ2) is 7.32. The molecule has 1 aromatic carbocycles. The maximum atomic E-state index is 11.6. The molecule has 0 atom stereocenters. The molecule has 1 aromatic rings. The molecule has 0 bridgehead atoms. The van der Waals surface area contributed by atoms with Crippen molar-refractivity contribution in [2.24, 2.45) is 0 Å². The highest BCUT2D eigenvalue weighted by Gasteiger charge is 2.08. The van der Waals surface area contributed by atoms with Crippen LogP contribution in [0.3, 0.4) is 0 Å². The lowest BCUT2D eigenvalue weighted by atomic mass is 10.2. The molecule has 0 spiro atoms. The third-order valence-electron chi connectivity index (χ3n) is 2.19. The number of ether oxygens (including phenoxy) is 1. The largest absolute Gasteiger partial charge is 0.383 e. The van der Waals surface area contributed by atoms with Crippen LogP contribution in [0.4, 0.5) is 5.69 Å². The van der Waals surface area contributed by atoms with Gasteiger partial charge in [-0.15, -0.1) is 0 Å². The minimum absolute atomic E-state index is 0.240. The Kier molecular flexibility index (Phi) is 6.06. The van der Waals surface area contributed by atoms with Crippen molar-refractivity contribution in [2.45, 2.75) is 6.54 Å². The quantitative estimate of drug-likeness (QED) is 0.595. The maximum Gasteiger partial charge on any atom is 0.299 e. The first-order valence-corrected chi connectivity index (χ1v) is 7.05. The van der Waals surface area contributed by atoms with Gasteiger partial charge in [-0.05, 0) is 24.7 Å². The molecule has 0 unspecified atom stereocenters. The van der Waals surface area contributed by atoms with E-state index in [0.29, 0.717) is 12.3 Å². The normalized spacial score (nSPS) is 11.4. The lowest BCUT2D eigenvalue weighted by Gasteiger charge is -2.09. The van der Waals surface area contributed by atoms with Gasteiger partial charge in [0, 0.05) is 25.9 Å². The molecule has 0 radical (unpaired) electrons. The third-order valence-corrected chi connectivity index (χ3v) is 3.27. The Morgan fingerprint density at radius 1 is 1.22 bits per heavy atom. The summed E-state index contributed by atoms with van der Waals surface area (Å²) >= 11 is 0. The first kappa shape index (κ1) is 14.9. The van der Waals surface area contributed by atoms with Crippen LogP contribution in [0.5, 0.6) is 0 Å². The lowest BCUT2D eigenvalue weighted by molar-refractivity contribution is 0.204. The molecule has 0 fully saturated rings. The van der Waals surface area contributed by atoms with Gasteiger partial charge in [0.15, 0.2) is 0 Å². The molecule has 0 aromatic heterocycles. The maximum absolute atomic E-state index is 11.6. The first-order chi connectivity index (χ1) is 8.57. The molecule has 0 aliphatic rings. The average Bonchev–Trinajstić information content (AvgIpc) is 2.32. The van der Waals surface area contributed by atoms with Crippen molar-refractivity contribution in [2.75, 3.05) is 32.0 Å². The zero-order chi connectivity index (χ0) is 13.4. The number of hydrogen-bond donors (Lipinski definition) is 3. The molecule has 0 amide bonds. The molecule has 18 heavy (non-hydrogen) atoms. The van der Waals surface area contributed by atoms with Crippen LogP contribution in [-0.2, 0) is 21.5 Å². The van der Waals surface area contributed by atoms with E-state index in [0.717, 1.165) is 12.1 Å². The van der Waals surface area contributed by atoms with Gasteiger partial charge in [0.1, 0.15) is 0 Å². The summed E-state index contributed by atoms with van der Waals surface area (Å²) in [5.41, 5.74) is 1.62. The molecule has 0 saturated heterocycles. The van der Waals surface area contributed by atoms with Crippen molar-refractivity contribution in [1.82, 2.24) is 10.0 Å². The summed E-state index contributed by atoms with van der Waals surface area (Å²) in [6, 6.07) is 7.18. The van der Waals surface area contributed by atoms with Gasteiger partial charge in [-0.25, -0.2) is 0 Å². The van der Waals surface area contributed by atoms with E-state index < -0.39 is 10.2 Å². The summed E-state index contributed by atoms with van der Waals surface area (Å²) in [5, 5.41) is 3.02. The second-order valence-electron chi connectivity index (χ2n) is 3.72. The standard InChI is InChI=1S/C11H19N3O3S/c1-12-9-10-3-5-11(6-4-10)14-18(15,16)13-7-8-17-2/h3-6,12-14H,7-9H2,1-2H3. The van der Waals surface area contributed by atoms with Crippen molar-refractivity contribution in [3.05, 3.63) is 29.8 Å². The summed E-state index contributed by atoms with van der Waals surface area (Å²) in [5.74, 6) is 0. The van der Waals surface area contributed by atoms with Crippen molar-refractivity contribution < 1.29 is 13.2 Å². The molecular weight excluding hydrogens is 254 g/mol. The van der Waals surface area contributed by atoms with Crippen molar-refractivity contribution in [3.8, 4) is 0 Å². The topological polar surface area (TPSA) is 79.5 Å². The smallest absolute Gasteiger partial charge is 0.299 e. The van der Waals surface area contributed by atoms with E-state index in [1.807, 2.05) is 19.2 Å². The number of anilines is 1. The zero-order valence-electron chi connectivity index (χ0n) is 10.6. The van der Waals surface area contributed by atoms with E-state index in [-0.39, 0.29) is 6.54 Å². The Morgan fingerprint density at radius 3 is 2.44 bits per heavy atom. The fraction of sp³-hybridized carbons (Fsp3) is 0.455. The van der Waals surface area contributed by atoms with Crippen LogP contribution in [0.1, 0.15) is 5.56 Å². The van der Waals surface area contributed by atoms with Gasteiger partial charge in [0.25, 0.3) is 10.2 Å². The molecule has 7 heteroatoms. The number of benzene rings is 1. The Bertz CT molecular complexity index is 445. The summed E-state index contributed by atoms with van der Waals surface area (Å²) in [4.78, 5) is 0. The molecular formula is C11H19N3O3S. The van der Waals surface area contributed by atoms with Gasteiger partial charge >= 0.3 is 0 Å². The van der Waals surface area contributed by atoms with E-state index in [1.165, 1.54) is 7.11 Å². The van der Waals surface area contributed by atoms with Crippen molar-refractivity contribution in [3.63, 3.8) is 0 Å². The van der Waals surface area contributed by atoms with Gasteiger partial charge < -0.3 is 10.1 Å². The molecule has 0 heterocycles. The van der Waals surface area contributed by atoms with Gasteiger partial charge in [0.05, 0.1) is 6.61 Å². The number of rotatable bonds is 8. The Hall–Kier alpha value is -1.15. The number of hydrogen-bond acceptors (Lipinski definition) is 4. The molecule has 102 valence electrons. The van der Waals surface area contributed by atoms with Gasteiger partial charge in [-0.3, -0.25) is 4.72 Å². The fourth-order valence-corrected chi connectivity index (χ4v) is 2.23. The van der Waals surface area contributed by atoms with E-state index in [9.17, 15) is 8.42 Å². The highest BCUT2D eigenvalue weighted by molar-refractivity contribution is 7.90. The SMILES string of the molecule is CNCc1ccc(NS(=O)(=O)NCCOC)cc1. The first-order valence-electron chi connectivity index (χ1n) is 5.57. The zero-order valence-corrected chi connectivity index (χ0v) is 11.4. The molecule has 0 aliphatic carbocycles. The van der Waals surface area contributed by atoms with Crippen LogP contribution in [0.25, 0.3) is 0 Å². The predicted molar refractivity (Wildman–Crippen MR) is 71.6 cm³/mol. The fourth-order valence-electron chi connectivity index (χ4n) is 1.36. The third kappa shape index (κ3) is 5.46. The minimum atomic E-state index is -3.53. The number of methoxy groups -OCH3 is 1. The number of nitrogens with one attached hydrogen (secondary N) is 3. The predicted octanol–water partition coefficient (Wildman–Crippen LogP) is 0.299. The highest BCUT2D eigenvalue weighted by atomic mass is 32.2. The minimum Gasteiger partial charge on any atom is -0.383 e. The monoisotopic (exact) mass is 273 g/mol. The van der Waals surface area contributed by atoms with E-state index in [4.69, 9.17) is 4.74 Å². The molecule has 3 N–H and O–H groups in total. The second-order valence-corrected chi connectivity index (χ2v) is 5.22. The van der Waals surface area contributed by atoms with Gasteiger partial charge in [-0.1, -0.05) is 12.1 Å². The summed E-state index contributed by atoms with van der Waals surface area (Å²) in [6.45, 7) is 1.32. The molecule has 1 rings (SSSR count). The van der Waals surface area contributed by atoms with Crippen LogP contribution in [0, 0.1) is 0 Å². The van der Waals surface area contributed by atoms with E-state index in [1.54, 1.807) is 12.1 Å². The van der Waals surface area contributed by atoms with Gasteiger partial charge in [0.2, 0.25) is 0 Å². The molecule has 0 saturated carbocycles. The summed E-state index contributed by atoms with van der Waals surface area (Å²) < 4.78 is 32.8. The highest BCUT2D eigenvalue weighted by Crippen LogP contribution is 2.10. The van der Waals surface area contributed by atoms with E-state index >= 15 is 0 Å². The Balaban J connectivity index is 2.55. The summed E-state index contributed by atoms with van der Waals surface area (Å²) in [7, 11) is -0.154. The lowest BCUT2D eigenvalue weighted by Crippen LogP contribution is -2.32. The van der Waals surface area contributed by atoms with Crippen molar-refractivity contribution >= 4 is 15.9 Å². The van der Waals surface area contributed by atoms with Gasteiger partial charge in [-0.2, -0.15) is 13.1 Å². The van der Waals surface area contributed by atoms with Crippen molar-refractivity contribution in [1.29, 1.82) is 0 Å². The molecule has 0 aliphatic heterocycles. The van der Waals surface area contributed by atoms with Crippen LogP contribution in [-0.4, -0.2) is 35.7 Å². The Morgan fingerprint density at radius 2 is 1.89 bits per heavy atom.